The zero-order valence-electron chi connectivity index (χ0n) is 8.97. The first-order valence-corrected chi connectivity index (χ1v) is 5.60. The van der Waals surface area contributed by atoms with Crippen molar-refractivity contribution < 1.29 is 14.4 Å². The van der Waals surface area contributed by atoms with Crippen molar-refractivity contribution in [1.29, 1.82) is 0 Å². The van der Waals surface area contributed by atoms with Gasteiger partial charge in [0.25, 0.3) is 5.88 Å². The van der Waals surface area contributed by atoms with E-state index < -0.39 is 4.92 Å². The molecule has 0 amide bonds. The van der Waals surface area contributed by atoms with Crippen LogP contribution in [0, 0.1) is 10.1 Å². The van der Waals surface area contributed by atoms with Crippen molar-refractivity contribution >= 4 is 17.3 Å². The Balaban J connectivity index is 2.07. The summed E-state index contributed by atoms with van der Waals surface area (Å²) in [7, 11) is 0. The molecule has 0 N–H and O–H groups in total. The van der Waals surface area contributed by atoms with Gasteiger partial charge in [0.15, 0.2) is 0 Å². The van der Waals surface area contributed by atoms with Crippen LogP contribution in [-0.4, -0.2) is 29.2 Å². The number of aromatic nitrogens is 1. The summed E-state index contributed by atoms with van der Waals surface area (Å²) in [6.45, 7) is 0.966. The number of rotatable bonds is 4. The van der Waals surface area contributed by atoms with Gasteiger partial charge < -0.3 is 9.47 Å². The largest absolute Gasteiger partial charge is 0.470 e. The predicted molar refractivity (Wildman–Crippen MR) is 60.4 cm³/mol. The lowest BCUT2D eigenvalue weighted by molar-refractivity contribution is -0.386. The molecule has 1 unspecified atom stereocenters. The first-order chi connectivity index (χ1) is 8.16. The molecule has 1 aromatic heterocycles. The molecule has 1 fully saturated rings. The summed E-state index contributed by atoms with van der Waals surface area (Å²) < 4.78 is 10.7. The number of halogens is 1. The van der Waals surface area contributed by atoms with E-state index in [0.717, 1.165) is 12.8 Å². The second kappa shape index (κ2) is 5.29. The molecule has 1 saturated heterocycles. The molecule has 0 aliphatic carbocycles. The van der Waals surface area contributed by atoms with E-state index in [1.807, 2.05) is 0 Å². The van der Waals surface area contributed by atoms with Gasteiger partial charge in [0.2, 0.25) is 0 Å². The third-order valence-corrected chi connectivity index (χ3v) is 2.64. The zero-order chi connectivity index (χ0) is 12.3. The number of nitro groups is 1. The lowest BCUT2D eigenvalue weighted by atomic mass is 10.2. The van der Waals surface area contributed by atoms with E-state index in [4.69, 9.17) is 21.1 Å². The van der Waals surface area contributed by atoms with Crippen LogP contribution < -0.4 is 4.74 Å². The predicted octanol–water partition coefficient (Wildman–Crippen LogP) is 2.20. The zero-order valence-corrected chi connectivity index (χ0v) is 9.72. The monoisotopic (exact) mass is 258 g/mol. The molecule has 17 heavy (non-hydrogen) atoms. The van der Waals surface area contributed by atoms with Crippen LogP contribution in [0.3, 0.4) is 0 Å². The van der Waals surface area contributed by atoms with Crippen LogP contribution in [0.25, 0.3) is 0 Å². The van der Waals surface area contributed by atoms with Crippen LogP contribution in [0.15, 0.2) is 12.1 Å². The number of hydrogen-bond acceptors (Lipinski definition) is 5. The van der Waals surface area contributed by atoms with Crippen molar-refractivity contribution in [3.8, 4) is 5.88 Å². The Morgan fingerprint density at radius 2 is 2.47 bits per heavy atom. The SMILES string of the molecule is O=[N+]([O-])c1ccc(Cl)nc1OCC1CCCO1. The first kappa shape index (κ1) is 12.1. The Kier molecular flexibility index (Phi) is 3.75. The van der Waals surface area contributed by atoms with E-state index >= 15 is 0 Å². The maximum atomic E-state index is 10.7. The van der Waals surface area contributed by atoms with Crippen LogP contribution in [0.5, 0.6) is 5.88 Å². The van der Waals surface area contributed by atoms with Gasteiger partial charge in [-0.05, 0) is 18.9 Å². The molecule has 0 bridgehead atoms. The molecule has 0 radical (unpaired) electrons. The second-order valence-electron chi connectivity index (χ2n) is 3.66. The molecule has 1 atom stereocenters. The summed E-state index contributed by atoms with van der Waals surface area (Å²) in [5.74, 6) is -0.0574. The van der Waals surface area contributed by atoms with Gasteiger partial charge in [0.1, 0.15) is 11.8 Å². The Hall–Kier alpha value is -1.40. The third-order valence-electron chi connectivity index (χ3n) is 2.43. The third kappa shape index (κ3) is 3.04. The molecule has 92 valence electrons. The smallest absolute Gasteiger partial charge is 0.331 e. The van der Waals surface area contributed by atoms with E-state index in [9.17, 15) is 10.1 Å². The van der Waals surface area contributed by atoms with E-state index in [1.54, 1.807) is 0 Å². The van der Waals surface area contributed by atoms with Crippen molar-refractivity contribution in [2.75, 3.05) is 13.2 Å². The Bertz CT molecular complexity index is 421. The molecular formula is C10H11ClN2O4. The number of hydrogen-bond donors (Lipinski definition) is 0. The summed E-state index contributed by atoms with van der Waals surface area (Å²) in [6, 6.07) is 2.64. The van der Waals surface area contributed by atoms with Crippen LogP contribution in [0.4, 0.5) is 5.69 Å². The van der Waals surface area contributed by atoms with E-state index in [2.05, 4.69) is 4.98 Å². The Morgan fingerprint density at radius 1 is 1.65 bits per heavy atom. The lowest BCUT2D eigenvalue weighted by Gasteiger charge is -2.10. The van der Waals surface area contributed by atoms with Gasteiger partial charge in [0, 0.05) is 12.7 Å². The van der Waals surface area contributed by atoms with Crippen molar-refractivity contribution in [3.63, 3.8) is 0 Å². The quantitative estimate of drug-likeness (QED) is 0.470. The fraction of sp³-hybridized carbons (Fsp3) is 0.500. The standard InChI is InChI=1S/C10H11ClN2O4/c11-9-4-3-8(13(14)15)10(12-9)17-6-7-2-1-5-16-7/h3-4,7H,1-2,5-6H2. The van der Waals surface area contributed by atoms with E-state index in [1.165, 1.54) is 12.1 Å². The molecular weight excluding hydrogens is 248 g/mol. The van der Waals surface area contributed by atoms with Gasteiger partial charge in [-0.15, -0.1) is 0 Å². The minimum Gasteiger partial charge on any atom is -0.470 e. The molecule has 1 aliphatic rings. The fourth-order valence-electron chi connectivity index (χ4n) is 1.60. The Labute approximate surface area is 103 Å². The van der Waals surface area contributed by atoms with Gasteiger partial charge in [-0.2, -0.15) is 4.98 Å². The average Bonchev–Trinajstić information content (AvgIpc) is 2.78. The number of ether oxygens (including phenoxy) is 2. The van der Waals surface area contributed by atoms with Gasteiger partial charge in [-0.1, -0.05) is 11.6 Å². The van der Waals surface area contributed by atoms with Crippen LogP contribution in [-0.2, 0) is 4.74 Å². The summed E-state index contributed by atoms with van der Waals surface area (Å²) in [4.78, 5) is 14.0. The Morgan fingerprint density at radius 3 is 3.12 bits per heavy atom. The van der Waals surface area contributed by atoms with Crippen molar-refractivity contribution in [1.82, 2.24) is 4.98 Å². The molecule has 6 nitrogen and oxygen atoms in total. The highest BCUT2D eigenvalue weighted by Crippen LogP contribution is 2.26. The summed E-state index contributed by atoms with van der Waals surface area (Å²) in [6.07, 6.45) is 1.86. The molecule has 0 saturated carbocycles. The van der Waals surface area contributed by atoms with Crippen molar-refractivity contribution in [3.05, 3.63) is 27.4 Å². The molecule has 1 aliphatic heterocycles. The van der Waals surface area contributed by atoms with Crippen LogP contribution in [0.1, 0.15) is 12.8 Å². The highest BCUT2D eigenvalue weighted by atomic mass is 35.5. The molecule has 0 aromatic carbocycles. The van der Waals surface area contributed by atoms with Crippen molar-refractivity contribution in [2.45, 2.75) is 18.9 Å². The van der Waals surface area contributed by atoms with E-state index in [-0.39, 0.29) is 29.4 Å². The molecule has 1 aromatic rings. The molecule has 0 spiro atoms. The van der Waals surface area contributed by atoms with E-state index in [0.29, 0.717) is 6.61 Å². The first-order valence-electron chi connectivity index (χ1n) is 5.22. The highest BCUT2D eigenvalue weighted by Gasteiger charge is 2.21. The van der Waals surface area contributed by atoms with Gasteiger partial charge in [0.05, 0.1) is 11.0 Å². The molecule has 2 heterocycles. The topological polar surface area (TPSA) is 74.5 Å². The number of pyridine rings is 1. The maximum absolute atomic E-state index is 10.7. The van der Waals surface area contributed by atoms with Gasteiger partial charge >= 0.3 is 5.69 Å². The van der Waals surface area contributed by atoms with Gasteiger partial charge in [-0.3, -0.25) is 10.1 Å². The summed E-state index contributed by atoms with van der Waals surface area (Å²) >= 11 is 5.67. The molecule has 7 heteroatoms. The fourth-order valence-corrected chi connectivity index (χ4v) is 1.74. The summed E-state index contributed by atoms with van der Waals surface area (Å²) in [5.41, 5.74) is -0.188. The van der Waals surface area contributed by atoms with Gasteiger partial charge in [-0.25, -0.2) is 0 Å². The van der Waals surface area contributed by atoms with Crippen molar-refractivity contribution in [2.24, 2.45) is 0 Å². The summed E-state index contributed by atoms with van der Waals surface area (Å²) in [5, 5.41) is 10.9. The lowest BCUT2D eigenvalue weighted by Crippen LogP contribution is -2.17. The average molecular weight is 259 g/mol. The minimum absolute atomic E-state index is 0.0182. The molecule has 2 rings (SSSR count). The van der Waals surface area contributed by atoms with Crippen LogP contribution >= 0.6 is 11.6 Å². The number of nitrogens with zero attached hydrogens (tertiary/aromatic N) is 2. The maximum Gasteiger partial charge on any atom is 0.331 e. The normalized spacial score (nSPS) is 19.2. The van der Waals surface area contributed by atoms with Crippen LogP contribution in [0.2, 0.25) is 5.15 Å². The minimum atomic E-state index is -0.547. The highest BCUT2D eigenvalue weighted by molar-refractivity contribution is 6.29. The second-order valence-corrected chi connectivity index (χ2v) is 4.05.